The number of nitrogens with one attached hydrogen (secondary N) is 1. The second-order valence-electron chi connectivity index (χ2n) is 2.50. The lowest BCUT2D eigenvalue weighted by atomic mass is 10.2. The molecule has 0 saturated carbocycles. The summed E-state index contributed by atoms with van der Waals surface area (Å²) in [7, 11) is 0. The average molecular weight is 180 g/mol. The van der Waals surface area contributed by atoms with Crippen LogP contribution in [0.4, 0.5) is 5.69 Å². The summed E-state index contributed by atoms with van der Waals surface area (Å²) in [5, 5.41) is 17.5. The number of nitro groups is 1. The quantitative estimate of drug-likeness (QED) is 0.300. The molecule has 68 valence electrons. The standard InChI is InChI=1S/C7H8N4O2/c1-4-6(7(8)9)2-5(3-10-4)11(12)13/h2-3H,1H3,(H3,8,9). The van der Waals surface area contributed by atoms with E-state index in [-0.39, 0.29) is 11.5 Å². The van der Waals surface area contributed by atoms with E-state index < -0.39 is 4.92 Å². The van der Waals surface area contributed by atoms with Gasteiger partial charge in [0.05, 0.1) is 4.92 Å². The van der Waals surface area contributed by atoms with Gasteiger partial charge in [-0.15, -0.1) is 0 Å². The molecule has 0 atom stereocenters. The summed E-state index contributed by atoms with van der Waals surface area (Å²) in [6, 6.07) is 1.24. The Bertz CT molecular complexity index is 375. The van der Waals surface area contributed by atoms with Crippen molar-refractivity contribution in [3.8, 4) is 0 Å². The van der Waals surface area contributed by atoms with Crippen LogP contribution < -0.4 is 5.73 Å². The normalized spacial score (nSPS) is 9.62. The Balaban J connectivity index is 3.27. The van der Waals surface area contributed by atoms with Crippen molar-refractivity contribution >= 4 is 11.5 Å². The smallest absolute Gasteiger partial charge is 0.288 e. The fourth-order valence-corrected chi connectivity index (χ4v) is 0.895. The zero-order valence-electron chi connectivity index (χ0n) is 6.94. The fourth-order valence-electron chi connectivity index (χ4n) is 0.895. The van der Waals surface area contributed by atoms with Gasteiger partial charge >= 0.3 is 0 Å². The predicted octanol–water partition coefficient (Wildman–Crippen LogP) is 0.582. The van der Waals surface area contributed by atoms with Crippen molar-refractivity contribution in [2.24, 2.45) is 5.73 Å². The number of nitrogen functional groups attached to an aromatic ring is 1. The molecule has 13 heavy (non-hydrogen) atoms. The van der Waals surface area contributed by atoms with Crippen LogP contribution in [0.15, 0.2) is 12.3 Å². The molecule has 3 N–H and O–H groups in total. The maximum atomic E-state index is 10.3. The SMILES string of the molecule is Cc1ncc([N+](=O)[O-])cc1C(=N)N. The Morgan fingerprint density at radius 2 is 2.38 bits per heavy atom. The van der Waals surface area contributed by atoms with Crippen LogP contribution in [-0.4, -0.2) is 15.7 Å². The number of nitrogens with zero attached hydrogens (tertiary/aromatic N) is 2. The molecule has 1 aromatic rings. The zero-order chi connectivity index (χ0) is 10.0. The van der Waals surface area contributed by atoms with Gasteiger partial charge in [-0.2, -0.15) is 0 Å². The average Bonchev–Trinajstić information content (AvgIpc) is 2.04. The number of hydrogen-bond donors (Lipinski definition) is 2. The van der Waals surface area contributed by atoms with Gasteiger partial charge in [-0.25, -0.2) is 0 Å². The highest BCUT2D eigenvalue weighted by Gasteiger charge is 2.10. The second-order valence-corrected chi connectivity index (χ2v) is 2.50. The Labute approximate surface area is 74.1 Å². The highest BCUT2D eigenvalue weighted by molar-refractivity contribution is 5.96. The highest BCUT2D eigenvalue weighted by atomic mass is 16.6. The van der Waals surface area contributed by atoms with Gasteiger partial charge in [0.1, 0.15) is 12.0 Å². The van der Waals surface area contributed by atoms with E-state index in [0.29, 0.717) is 11.3 Å². The van der Waals surface area contributed by atoms with E-state index in [0.717, 1.165) is 6.20 Å². The third kappa shape index (κ3) is 1.78. The molecular weight excluding hydrogens is 172 g/mol. The molecule has 0 amide bonds. The molecule has 0 unspecified atom stereocenters. The van der Waals surface area contributed by atoms with Gasteiger partial charge in [-0.05, 0) is 6.92 Å². The number of pyridine rings is 1. The van der Waals surface area contributed by atoms with Crippen LogP contribution in [0.1, 0.15) is 11.3 Å². The van der Waals surface area contributed by atoms with E-state index in [9.17, 15) is 10.1 Å². The maximum absolute atomic E-state index is 10.3. The lowest BCUT2D eigenvalue weighted by Gasteiger charge is -2.01. The lowest BCUT2D eigenvalue weighted by Crippen LogP contribution is -2.13. The number of amidine groups is 1. The Hall–Kier alpha value is -1.98. The van der Waals surface area contributed by atoms with Gasteiger partial charge in [0.25, 0.3) is 5.69 Å². The van der Waals surface area contributed by atoms with Crippen LogP contribution in [-0.2, 0) is 0 Å². The van der Waals surface area contributed by atoms with Gasteiger partial charge in [-0.1, -0.05) is 0 Å². The number of hydrogen-bond acceptors (Lipinski definition) is 4. The second kappa shape index (κ2) is 3.18. The highest BCUT2D eigenvalue weighted by Crippen LogP contribution is 2.13. The summed E-state index contributed by atoms with van der Waals surface area (Å²) in [5.74, 6) is -0.214. The first-order valence-corrected chi connectivity index (χ1v) is 3.48. The first kappa shape index (κ1) is 9.11. The molecular formula is C7H8N4O2. The molecule has 1 aromatic heterocycles. The number of aryl methyl sites for hydroxylation is 1. The van der Waals surface area contributed by atoms with Crippen molar-refractivity contribution in [3.63, 3.8) is 0 Å². The number of rotatable bonds is 2. The maximum Gasteiger partial charge on any atom is 0.288 e. The van der Waals surface area contributed by atoms with Crippen molar-refractivity contribution in [1.82, 2.24) is 4.98 Å². The van der Waals surface area contributed by atoms with Crippen molar-refractivity contribution in [1.29, 1.82) is 5.41 Å². The summed E-state index contributed by atoms with van der Waals surface area (Å²) in [6.45, 7) is 1.64. The first-order chi connectivity index (χ1) is 6.02. The fraction of sp³-hybridized carbons (Fsp3) is 0.143. The van der Waals surface area contributed by atoms with Crippen LogP contribution in [0, 0.1) is 22.4 Å². The summed E-state index contributed by atoms with van der Waals surface area (Å²) >= 11 is 0. The van der Waals surface area contributed by atoms with Crippen LogP contribution in [0.5, 0.6) is 0 Å². The van der Waals surface area contributed by atoms with Crippen molar-refractivity contribution in [2.45, 2.75) is 6.92 Å². The van der Waals surface area contributed by atoms with E-state index in [1.165, 1.54) is 6.07 Å². The van der Waals surface area contributed by atoms with Gasteiger partial charge in [0.2, 0.25) is 0 Å². The topological polar surface area (TPSA) is 106 Å². The Morgan fingerprint density at radius 3 is 2.85 bits per heavy atom. The minimum absolute atomic E-state index is 0.157. The van der Waals surface area contributed by atoms with E-state index >= 15 is 0 Å². The molecule has 0 aromatic carbocycles. The molecule has 0 aliphatic rings. The van der Waals surface area contributed by atoms with E-state index in [4.69, 9.17) is 11.1 Å². The molecule has 0 saturated heterocycles. The molecule has 0 aliphatic carbocycles. The van der Waals surface area contributed by atoms with Crippen LogP contribution >= 0.6 is 0 Å². The van der Waals surface area contributed by atoms with E-state index in [1.54, 1.807) is 6.92 Å². The first-order valence-electron chi connectivity index (χ1n) is 3.48. The number of aromatic nitrogens is 1. The van der Waals surface area contributed by atoms with Crippen LogP contribution in [0.25, 0.3) is 0 Å². The van der Waals surface area contributed by atoms with Crippen LogP contribution in [0.2, 0.25) is 0 Å². The third-order valence-corrected chi connectivity index (χ3v) is 1.57. The van der Waals surface area contributed by atoms with E-state index in [2.05, 4.69) is 4.98 Å². The van der Waals surface area contributed by atoms with Crippen molar-refractivity contribution < 1.29 is 4.92 Å². The Morgan fingerprint density at radius 1 is 1.77 bits per heavy atom. The van der Waals surface area contributed by atoms with Gasteiger partial charge in [0, 0.05) is 17.3 Å². The summed E-state index contributed by atoms with van der Waals surface area (Å²) in [5.41, 5.74) is 5.86. The predicted molar refractivity (Wildman–Crippen MR) is 46.6 cm³/mol. The molecule has 0 fully saturated rings. The molecule has 1 heterocycles. The Kier molecular flexibility index (Phi) is 2.23. The van der Waals surface area contributed by atoms with Gasteiger partial charge in [0.15, 0.2) is 0 Å². The van der Waals surface area contributed by atoms with Gasteiger partial charge in [-0.3, -0.25) is 20.5 Å². The van der Waals surface area contributed by atoms with Crippen molar-refractivity contribution in [3.05, 3.63) is 33.6 Å². The molecule has 6 heteroatoms. The molecule has 0 spiro atoms. The molecule has 0 aliphatic heterocycles. The zero-order valence-corrected chi connectivity index (χ0v) is 6.94. The minimum atomic E-state index is -0.571. The molecule has 6 nitrogen and oxygen atoms in total. The largest absolute Gasteiger partial charge is 0.384 e. The number of nitrogens with two attached hydrogens (primary N) is 1. The molecule has 1 rings (SSSR count). The van der Waals surface area contributed by atoms with Crippen molar-refractivity contribution in [2.75, 3.05) is 0 Å². The van der Waals surface area contributed by atoms with E-state index in [1.807, 2.05) is 0 Å². The third-order valence-electron chi connectivity index (χ3n) is 1.57. The summed E-state index contributed by atoms with van der Waals surface area (Å²) < 4.78 is 0. The minimum Gasteiger partial charge on any atom is -0.384 e. The summed E-state index contributed by atoms with van der Waals surface area (Å²) in [6.07, 6.45) is 1.14. The monoisotopic (exact) mass is 180 g/mol. The lowest BCUT2D eigenvalue weighted by molar-refractivity contribution is -0.385. The molecule has 0 bridgehead atoms. The summed E-state index contributed by atoms with van der Waals surface area (Å²) in [4.78, 5) is 13.5. The van der Waals surface area contributed by atoms with Crippen LogP contribution in [0.3, 0.4) is 0 Å². The molecule has 0 radical (unpaired) electrons. The van der Waals surface area contributed by atoms with Gasteiger partial charge < -0.3 is 5.73 Å².